The third kappa shape index (κ3) is 2.97. The maximum absolute atomic E-state index is 11.4. The first-order chi connectivity index (χ1) is 8.79. The van der Waals surface area contributed by atoms with E-state index in [1.165, 1.54) is 4.80 Å². The summed E-state index contributed by atoms with van der Waals surface area (Å²) in [5.41, 5.74) is 0.808. The number of carbonyl (C=O) groups is 1. The van der Waals surface area contributed by atoms with Crippen LogP contribution in [0.4, 0.5) is 0 Å². The number of hydrogen-bond acceptors (Lipinski definition) is 5. The Morgan fingerprint density at radius 3 is 2.94 bits per heavy atom. The molecule has 0 fully saturated rings. The zero-order chi connectivity index (χ0) is 12.8. The van der Waals surface area contributed by atoms with E-state index in [-0.39, 0.29) is 12.5 Å². The minimum atomic E-state index is -0.187. The lowest BCUT2D eigenvalue weighted by molar-refractivity contribution is -0.121. The summed E-state index contributed by atoms with van der Waals surface area (Å²) in [6, 6.07) is 3.55. The van der Waals surface area contributed by atoms with E-state index in [0.717, 1.165) is 5.56 Å². The van der Waals surface area contributed by atoms with Crippen LogP contribution in [-0.4, -0.2) is 37.6 Å². The van der Waals surface area contributed by atoms with E-state index in [0.29, 0.717) is 12.4 Å². The van der Waals surface area contributed by atoms with E-state index >= 15 is 0 Å². The number of nitrogens with zero attached hydrogens (tertiary/aromatic N) is 5. The molecule has 0 aliphatic heterocycles. The molecular formula is C11H12N6O. The van der Waals surface area contributed by atoms with Crippen LogP contribution in [0.3, 0.4) is 0 Å². The van der Waals surface area contributed by atoms with Crippen molar-refractivity contribution < 1.29 is 4.79 Å². The first-order valence-electron chi connectivity index (χ1n) is 5.35. The van der Waals surface area contributed by atoms with Crippen molar-refractivity contribution in [3.63, 3.8) is 0 Å². The van der Waals surface area contributed by atoms with Gasteiger partial charge < -0.3 is 5.32 Å². The number of nitrogens with one attached hydrogen (secondary N) is 1. The Morgan fingerprint density at radius 1 is 1.44 bits per heavy atom. The SMILES string of the molecule is C=CCNC(=O)Cn1nnc(-c2ccncc2)n1. The Labute approximate surface area is 104 Å². The predicted octanol–water partition coefficient (Wildman–Crippen LogP) is 0.0373. The van der Waals surface area contributed by atoms with Crippen LogP contribution in [0.25, 0.3) is 11.4 Å². The van der Waals surface area contributed by atoms with Crippen molar-refractivity contribution in [2.45, 2.75) is 6.54 Å². The lowest BCUT2D eigenvalue weighted by Crippen LogP contribution is -2.28. The molecule has 7 heteroatoms. The van der Waals surface area contributed by atoms with Gasteiger partial charge in [-0.15, -0.1) is 16.8 Å². The molecule has 7 nitrogen and oxygen atoms in total. The third-order valence-corrected chi connectivity index (χ3v) is 2.12. The lowest BCUT2D eigenvalue weighted by Gasteiger charge is -1.99. The highest BCUT2D eigenvalue weighted by molar-refractivity contribution is 5.75. The molecule has 0 bridgehead atoms. The topological polar surface area (TPSA) is 85.6 Å². The van der Waals surface area contributed by atoms with Crippen molar-refractivity contribution in [1.29, 1.82) is 0 Å². The smallest absolute Gasteiger partial charge is 0.243 e. The minimum absolute atomic E-state index is 0.0337. The number of hydrogen-bond donors (Lipinski definition) is 1. The summed E-state index contributed by atoms with van der Waals surface area (Å²) in [4.78, 5) is 16.6. The van der Waals surface area contributed by atoms with Crippen LogP contribution in [0.5, 0.6) is 0 Å². The monoisotopic (exact) mass is 244 g/mol. The number of rotatable bonds is 5. The van der Waals surface area contributed by atoms with Crippen molar-refractivity contribution in [3.05, 3.63) is 37.2 Å². The molecule has 92 valence electrons. The molecule has 2 aromatic rings. The van der Waals surface area contributed by atoms with Gasteiger partial charge in [-0.05, 0) is 17.3 Å². The average molecular weight is 244 g/mol. The Kier molecular flexibility index (Phi) is 3.75. The van der Waals surface area contributed by atoms with Gasteiger partial charge in [-0.25, -0.2) is 0 Å². The summed E-state index contributed by atoms with van der Waals surface area (Å²) in [5, 5.41) is 14.4. The molecule has 0 aliphatic rings. The lowest BCUT2D eigenvalue weighted by atomic mass is 10.3. The van der Waals surface area contributed by atoms with Gasteiger partial charge in [0.05, 0.1) is 0 Å². The van der Waals surface area contributed by atoms with Crippen molar-refractivity contribution in [2.24, 2.45) is 0 Å². The van der Waals surface area contributed by atoms with Crippen LogP contribution in [0, 0.1) is 0 Å². The summed E-state index contributed by atoms with van der Waals surface area (Å²) in [5.74, 6) is 0.280. The maximum atomic E-state index is 11.4. The van der Waals surface area contributed by atoms with Gasteiger partial charge in [-0.2, -0.15) is 4.80 Å². The molecule has 2 aromatic heterocycles. The summed E-state index contributed by atoms with van der Waals surface area (Å²) in [7, 11) is 0. The Balaban J connectivity index is 2.02. The van der Waals surface area contributed by atoms with Crippen molar-refractivity contribution >= 4 is 5.91 Å². The fourth-order valence-electron chi connectivity index (χ4n) is 1.30. The minimum Gasteiger partial charge on any atom is -0.351 e. The average Bonchev–Trinajstić information content (AvgIpc) is 2.86. The summed E-state index contributed by atoms with van der Waals surface area (Å²) in [6.07, 6.45) is 4.90. The van der Waals surface area contributed by atoms with E-state index in [2.05, 4.69) is 32.3 Å². The first kappa shape index (κ1) is 11.9. The number of amides is 1. The second-order valence-electron chi connectivity index (χ2n) is 3.47. The van der Waals surface area contributed by atoms with Gasteiger partial charge in [0.25, 0.3) is 0 Å². The molecule has 0 aliphatic carbocycles. The molecular weight excluding hydrogens is 232 g/mol. The summed E-state index contributed by atoms with van der Waals surface area (Å²) >= 11 is 0. The maximum Gasteiger partial charge on any atom is 0.243 e. The van der Waals surface area contributed by atoms with Gasteiger partial charge in [0.15, 0.2) is 0 Å². The number of aromatic nitrogens is 5. The van der Waals surface area contributed by atoms with E-state index in [9.17, 15) is 4.79 Å². The van der Waals surface area contributed by atoms with Crippen molar-refractivity contribution in [2.75, 3.05) is 6.54 Å². The number of carbonyl (C=O) groups excluding carboxylic acids is 1. The van der Waals surface area contributed by atoms with Crippen LogP contribution in [0.15, 0.2) is 37.2 Å². The van der Waals surface area contributed by atoms with E-state index in [1.807, 2.05) is 0 Å². The zero-order valence-corrected chi connectivity index (χ0v) is 9.65. The van der Waals surface area contributed by atoms with Crippen molar-refractivity contribution in [1.82, 2.24) is 30.5 Å². The van der Waals surface area contributed by atoms with Crippen LogP contribution in [0.2, 0.25) is 0 Å². The normalized spacial score (nSPS) is 10.0. The molecule has 2 rings (SSSR count). The van der Waals surface area contributed by atoms with E-state index in [4.69, 9.17) is 0 Å². The molecule has 0 aromatic carbocycles. The fraction of sp³-hybridized carbons (Fsp3) is 0.182. The highest BCUT2D eigenvalue weighted by Gasteiger charge is 2.08. The molecule has 0 radical (unpaired) electrons. The highest BCUT2D eigenvalue weighted by atomic mass is 16.2. The largest absolute Gasteiger partial charge is 0.351 e. The highest BCUT2D eigenvalue weighted by Crippen LogP contribution is 2.10. The second-order valence-corrected chi connectivity index (χ2v) is 3.47. The Hall–Kier alpha value is -2.57. The van der Waals surface area contributed by atoms with Crippen LogP contribution < -0.4 is 5.32 Å². The van der Waals surface area contributed by atoms with Gasteiger partial charge in [-0.3, -0.25) is 9.78 Å². The van der Waals surface area contributed by atoms with Gasteiger partial charge in [0.1, 0.15) is 6.54 Å². The Bertz CT molecular complexity index is 535. The van der Waals surface area contributed by atoms with Crippen LogP contribution in [-0.2, 0) is 11.3 Å². The Morgan fingerprint density at radius 2 is 2.22 bits per heavy atom. The summed E-state index contributed by atoms with van der Waals surface area (Å²) < 4.78 is 0. The van der Waals surface area contributed by atoms with Gasteiger partial charge >= 0.3 is 0 Å². The first-order valence-corrected chi connectivity index (χ1v) is 5.35. The molecule has 0 atom stereocenters. The standard InChI is InChI=1S/C11H12N6O/c1-2-5-13-10(18)8-17-15-11(14-16-17)9-3-6-12-7-4-9/h2-4,6-7H,1,5,8H2,(H,13,18). The molecule has 2 heterocycles. The van der Waals surface area contributed by atoms with Gasteiger partial charge in [0, 0.05) is 24.5 Å². The predicted molar refractivity (Wildman–Crippen MR) is 64.3 cm³/mol. The summed E-state index contributed by atoms with van der Waals surface area (Å²) in [6.45, 7) is 3.97. The molecule has 0 unspecified atom stereocenters. The van der Waals surface area contributed by atoms with E-state index < -0.39 is 0 Å². The van der Waals surface area contributed by atoms with Crippen molar-refractivity contribution in [3.8, 4) is 11.4 Å². The zero-order valence-electron chi connectivity index (χ0n) is 9.65. The molecule has 0 saturated carbocycles. The molecule has 0 saturated heterocycles. The molecule has 1 N–H and O–H groups in total. The second kappa shape index (κ2) is 5.67. The fourth-order valence-corrected chi connectivity index (χ4v) is 1.30. The number of pyridine rings is 1. The molecule has 0 spiro atoms. The third-order valence-electron chi connectivity index (χ3n) is 2.12. The molecule has 1 amide bonds. The number of tetrazole rings is 1. The van der Waals surface area contributed by atoms with Gasteiger partial charge in [0.2, 0.25) is 11.7 Å². The molecule has 18 heavy (non-hydrogen) atoms. The quantitative estimate of drug-likeness (QED) is 0.750. The van der Waals surface area contributed by atoms with Crippen LogP contribution >= 0.6 is 0 Å². The van der Waals surface area contributed by atoms with Gasteiger partial charge in [-0.1, -0.05) is 6.08 Å². The van der Waals surface area contributed by atoms with Crippen LogP contribution in [0.1, 0.15) is 0 Å². The van der Waals surface area contributed by atoms with E-state index in [1.54, 1.807) is 30.6 Å².